The van der Waals surface area contributed by atoms with Crippen LogP contribution in [-0.2, 0) is 4.74 Å². The van der Waals surface area contributed by atoms with Crippen molar-refractivity contribution in [1.29, 1.82) is 0 Å². The highest BCUT2D eigenvalue weighted by atomic mass is 35.5. The molecule has 124 valence electrons. The normalized spacial score (nSPS) is 16.9. The SMILES string of the molecule is Cc1cc(OCCOCCN2CCC(C)CC2)cc(C)c1Cl. The van der Waals surface area contributed by atoms with Gasteiger partial charge in [0.05, 0.1) is 13.2 Å². The lowest BCUT2D eigenvalue weighted by molar-refractivity contribution is 0.0708. The summed E-state index contributed by atoms with van der Waals surface area (Å²) in [6, 6.07) is 3.95. The fraction of sp³-hybridized carbons (Fsp3) is 0.667. The minimum Gasteiger partial charge on any atom is -0.491 e. The molecule has 1 fully saturated rings. The number of likely N-dealkylation sites (tertiary alicyclic amines) is 1. The maximum absolute atomic E-state index is 6.15. The van der Waals surface area contributed by atoms with Gasteiger partial charge in [-0.15, -0.1) is 0 Å². The van der Waals surface area contributed by atoms with Crippen LogP contribution in [-0.4, -0.2) is 44.4 Å². The molecular formula is C18H28ClNO2. The van der Waals surface area contributed by atoms with Gasteiger partial charge in [0, 0.05) is 11.6 Å². The van der Waals surface area contributed by atoms with Gasteiger partial charge < -0.3 is 14.4 Å². The van der Waals surface area contributed by atoms with E-state index in [1.54, 1.807) is 0 Å². The van der Waals surface area contributed by atoms with Gasteiger partial charge in [-0.2, -0.15) is 0 Å². The van der Waals surface area contributed by atoms with Crippen molar-refractivity contribution in [2.24, 2.45) is 5.92 Å². The van der Waals surface area contributed by atoms with Crippen LogP contribution >= 0.6 is 11.6 Å². The van der Waals surface area contributed by atoms with E-state index in [2.05, 4.69) is 11.8 Å². The second-order valence-corrected chi connectivity index (χ2v) is 6.73. The van der Waals surface area contributed by atoms with Crippen LogP contribution in [0.25, 0.3) is 0 Å². The number of piperidine rings is 1. The zero-order valence-electron chi connectivity index (χ0n) is 14.0. The molecule has 0 aromatic heterocycles. The van der Waals surface area contributed by atoms with Gasteiger partial charge in [-0.3, -0.25) is 0 Å². The molecule has 22 heavy (non-hydrogen) atoms. The van der Waals surface area contributed by atoms with Crippen LogP contribution in [0.1, 0.15) is 30.9 Å². The molecule has 0 unspecified atom stereocenters. The quantitative estimate of drug-likeness (QED) is 0.705. The van der Waals surface area contributed by atoms with Gasteiger partial charge in [-0.1, -0.05) is 18.5 Å². The maximum Gasteiger partial charge on any atom is 0.120 e. The Balaban J connectivity index is 1.58. The van der Waals surface area contributed by atoms with Crippen molar-refractivity contribution in [3.05, 3.63) is 28.3 Å². The third-order valence-electron chi connectivity index (χ3n) is 4.33. The molecule has 3 nitrogen and oxygen atoms in total. The van der Waals surface area contributed by atoms with Crippen LogP contribution in [0.4, 0.5) is 0 Å². The first-order valence-electron chi connectivity index (χ1n) is 8.26. The average molecular weight is 326 g/mol. The van der Waals surface area contributed by atoms with E-state index in [4.69, 9.17) is 21.1 Å². The Morgan fingerprint density at radius 1 is 1.09 bits per heavy atom. The Hall–Kier alpha value is -0.770. The Morgan fingerprint density at radius 3 is 2.36 bits per heavy atom. The zero-order valence-corrected chi connectivity index (χ0v) is 14.8. The van der Waals surface area contributed by atoms with Crippen molar-refractivity contribution in [2.45, 2.75) is 33.6 Å². The van der Waals surface area contributed by atoms with Gasteiger partial charge in [0.25, 0.3) is 0 Å². The van der Waals surface area contributed by atoms with E-state index in [9.17, 15) is 0 Å². The van der Waals surface area contributed by atoms with E-state index in [0.717, 1.165) is 41.0 Å². The smallest absolute Gasteiger partial charge is 0.120 e. The molecule has 1 saturated heterocycles. The number of benzene rings is 1. The van der Waals surface area contributed by atoms with Crippen LogP contribution in [0.3, 0.4) is 0 Å². The number of hydrogen-bond donors (Lipinski definition) is 0. The second-order valence-electron chi connectivity index (χ2n) is 6.36. The Labute approximate surface area is 139 Å². The summed E-state index contributed by atoms with van der Waals surface area (Å²) >= 11 is 6.15. The molecule has 0 atom stereocenters. The van der Waals surface area contributed by atoms with Gasteiger partial charge >= 0.3 is 0 Å². The van der Waals surface area contributed by atoms with Crippen molar-refractivity contribution in [3.8, 4) is 5.75 Å². The van der Waals surface area contributed by atoms with E-state index < -0.39 is 0 Å². The van der Waals surface area contributed by atoms with Crippen molar-refractivity contribution in [3.63, 3.8) is 0 Å². The number of ether oxygens (including phenoxy) is 2. The molecule has 0 radical (unpaired) electrons. The molecule has 0 saturated carbocycles. The molecule has 1 aromatic carbocycles. The van der Waals surface area contributed by atoms with Crippen LogP contribution < -0.4 is 4.74 Å². The lowest BCUT2D eigenvalue weighted by Gasteiger charge is -2.29. The molecule has 2 rings (SSSR count). The first-order valence-corrected chi connectivity index (χ1v) is 8.63. The van der Waals surface area contributed by atoms with E-state index in [0.29, 0.717) is 13.2 Å². The van der Waals surface area contributed by atoms with Gasteiger partial charge in [0.15, 0.2) is 0 Å². The molecule has 0 bridgehead atoms. The van der Waals surface area contributed by atoms with Crippen molar-refractivity contribution in [2.75, 3.05) is 39.5 Å². The third kappa shape index (κ3) is 5.45. The van der Waals surface area contributed by atoms with Crippen LogP contribution in [0.15, 0.2) is 12.1 Å². The van der Waals surface area contributed by atoms with E-state index >= 15 is 0 Å². The average Bonchev–Trinajstić information content (AvgIpc) is 2.50. The predicted molar refractivity (Wildman–Crippen MR) is 92.1 cm³/mol. The molecular weight excluding hydrogens is 298 g/mol. The summed E-state index contributed by atoms with van der Waals surface area (Å²) in [5.74, 6) is 1.75. The monoisotopic (exact) mass is 325 g/mol. The van der Waals surface area contributed by atoms with Gasteiger partial charge in [-0.25, -0.2) is 0 Å². The lowest BCUT2D eigenvalue weighted by Crippen LogP contribution is -2.35. The largest absolute Gasteiger partial charge is 0.491 e. The topological polar surface area (TPSA) is 21.7 Å². The molecule has 0 amide bonds. The van der Waals surface area contributed by atoms with Gasteiger partial charge in [0.2, 0.25) is 0 Å². The third-order valence-corrected chi connectivity index (χ3v) is 4.93. The number of nitrogens with zero attached hydrogens (tertiary/aromatic N) is 1. The van der Waals surface area contributed by atoms with Gasteiger partial charge in [0.1, 0.15) is 12.4 Å². The van der Waals surface area contributed by atoms with E-state index in [1.165, 1.54) is 25.9 Å². The van der Waals surface area contributed by atoms with Crippen LogP contribution in [0.2, 0.25) is 5.02 Å². The summed E-state index contributed by atoms with van der Waals surface area (Å²) in [5, 5.41) is 0.819. The fourth-order valence-corrected chi connectivity index (χ4v) is 2.90. The highest BCUT2D eigenvalue weighted by Crippen LogP contribution is 2.25. The summed E-state index contributed by atoms with van der Waals surface area (Å²) in [4.78, 5) is 2.49. The van der Waals surface area contributed by atoms with E-state index in [1.807, 2.05) is 26.0 Å². The van der Waals surface area contributed by atoms with Crippen molar-refractivity contribution in [1.82, 2.24) is 4.90 Å². The summed E-state index contributed by atoms with van der Waals surface area (Å²) in [7, 11) is 0. The number of rotatable bonds is 7. The van der Waals surface area contributed by atoms with Crippen LogP contribution in [0.5, 0.6) is 5.75 Å². The molecule has 1 aliphatic heterocycles. The second kappa shape index (κ2) is 8.76. The van der Waals surface area contributed by atoms with E-state index in [-0.39, 0.29) is 0 Å². The Morgan fingerprint density at radius 2 is 1.73 bits per heavy atom. The summed E-state index contributed by atoms with van der Waals surface area (Å²) in [5.41, 5.74) is 2.11. The zero-order chi connectivity index (χ0) is 15.9. The number of halogens is 1. The van der Waals surface area contributed by atoms with Crippen molar-refractivity contribution < 1.29 is 9.47 Å². The molecule has 0 N–H and O–H groups in total. The Kier molecular flexibility index (Phi) is 7.00. The summed E-state index contributed by atoms with van der Waals surface area (Å²) in [6.07, 6.45) is 2.64. The van der Waals surface area contributed by atoms with Crippen LogP contribution in [0, 0.1) is 19.8 Å². The standard InChI is InChI=1S/C18H28ClNO2/c1-14-4-6-20(7-5-14)8-9-21-10-11-22-17-12-15(2)18(19)16(3)13-17/h12-14H,4-11H2,1-3H3. The number of hydrogen-bond acceptors (Lipinski definition) is 3. The van der Waals surface area contributed by atoms with Crippen molar-refractivity contribution >= 4 is 11.6 Å². The fourth-order valence-electron chi connectivity index (χ4n) is 2.79. The summed E-state index contributed by atoms with van der Waals surface area (Å²) in [6.45, 7) is 11.8. The molecule has 1 heterocycles. The predicted octanol–water partition coefficient (Wildman–Crippen LogP) is 4.08. The minimum absolute atomic E-state index is 0.581. The Bertz CT molecular complexity index is 447. The van der Waals surface area contributed by atoms with Gasteiger partial charge in [-0.05, 0) is 69.0 Å². The first kappa shape index (κ1) is 17.6. The molecule has 4 heteroatoms. The molecule has 0 aliphatic carbocycles. The minimum atomic E-state index is 0.581. The highest BCUT2D eigenvalue weighted by Gasteiger charge is 2.14. The summed E-state index contributed by atoms with van der Waals surface area (Å²) < 4.78 is 11.4. The highest BCUT2D eigenvalue weighted by molar-refractivity contribution is 6.32. The molecule has 0 spiro atoms. The molecule has 1 aliphatic rings. The lowest BCUT2D eigenvalue weighted by atomic mass is 9.99. The molecule has 1 aromatic rings. The first-order chi connectivity index (χ1) is 10.6. The maximum atomic E-state index is 6.15. The number of aryl methyl sites for hydroxylation is 2.